The molecule has 0 radical (unpaired) electrons. The molecule has 0 aliphatic carbocycles. The lowest BCUT2D eigenvalue weighted by Gasteiger charge is -2.19. The van der Waals surface area contributed by atoms with Gasteiger partial charge in [0, 0.05) is 19.2 Å². The van der Waals surface area contributed by atoms with Crippen LogP contribution in [0.2, 0.25) is 0 Å². The van der Waals surface area contributed by atoms with Gasteiger partial charge in [-0.05, 0) is 30.5 Å². The zero-order chi connectivity index (χ0) is 13.2. The van der Waals surface area contributed by atoms with Gasteiger partial charge in [0.15, 0.2) is 11.6 Å². The maximum atomic E-state index is 13.3. The molecule has 0 spiro atoms. The van der Waals surface area contributed by atoms with Gasteiger partial charge in [0.2, 0.25) is 0 Å². The van der Waals surface area contributed by atoms with Gasteiger partial charge in [0.1, 0.15) is 12.4 Å². The van der Waals surface area contributed by atoms with E-state index in [1.54, 1.807) is 0 Å². The third kappa shape index (κ3) is 3.42. The van der Waals surface area contributed by atoms with E-state index < -0.39 is 11.6 Å². The summed E-state index contributed by atoms with van der Waals surface area (Å²) in [6.45, 7) is 7.68. The molecule has 1 aliphatic heterocycles. The molecule has 100 valence electrons. The monoisotopic (exact) mass is 255 g/mol. The van der Waals surface area contributed by atoms with Crippen LogP contribution < -0.4 is 4.74 Å². The van der Waals surface area contributed by atoms with E-state index in [1.807, 2.05) is 0 Å². The van der Waals surface area contributed by atoms with Gasteiger partial charge in [-0.3, -0.25) is 4.90 Å². The highest BCUT2D eigenvalue weighted by Crippen LogP contribution is 2.28. The largest absolute Gasteiger partial charge is 0.489 e. The van der Waals surface area contributed by atoms with Crippen LogP contribution in [0.1, 0.15) is 20.3 Å². The van der Waals surface area contributed by atoms with Gasteiger partial charge >= 0.3 is 0 Å². The number of rotatable bonds is 4. The molecule has 2 rings (SSSR count). The number of nitrogens with zero attached hydrogens (tertiary/aromatic N) is 1. The van der Waals surface area contributed by atoms with Crippen LogP contribution in [0, 0.1) is 17.0 Å². The third-order valence-corrected chi connectivity index (χ3v) is 3.31. The molecular weight excluding hydrogens is 236 g/mol. The highest BCUT2D eigenvalue weighted by atomic mass is 19.1. The summed E-state index contributed by atoms with van der Waals surface area (Å²) in [5, 5.41) is 0. The molecule has 18 heavy (non-hydrogen) atoms. The maximum absolute atomic E-state index is 13.3. The smallest absolute Gasteiger partial charge is 0.165 e. The minimum atomic E-state index is -0.516. The molecule has 1 saturated heterocycles. The Morgan fingerprint density at radius 1 is 1.33 bits per heavy atom. The van der Waals surface area contributed by atoms with Gasteiger partial charge in [0.05, 0.1) is 0 Å². The fourth-order valence-corrected chi connectivity index (χ4v) is 2.29. The zero-order valence-corrected chi connectivity index (χ0v) is 10.9. The van der Waals surface area contributed by atoms with Crippen LogP contribution in [0.5, 0.6) is 5.75 Å². The summed E-state index contributed by atoms with van der Waals surface area (Å²) >= 11 is 0. The summed E-state index contributed by atoms with van der Waals surface area (Å²) in [7, 11) is 0. The van der Waals surface area contributed by atoms with E-state index in [4.69, 9.17) is 4.74 Å². The summed E-state index contributed by atoms with van der Waals surface area (Å²) in [5.41, 5.74) is 0.351. The first-order valence-corrected chi connectivity index (χ1v) is 6.26. The Bertz CT molecular complexity index is 420. The Morgan fingerprint density at radius 3 is 2.78 bits per heavy atom. The molecule has 2 nitrogen and oxygen atoms in total. The highest BCUT2D eigenvalue weighted by Gasteiger charge is 2.28. The number of likely N-dealkylation sites (tertiary alicyclic amines) is 1. The van der Waals surface area contributed by atoms with Crippen molar-refractivity contribution in [3.05, 3.63) is 29.8 Å². The van der Waals surface area contributed by atoms with Crippen molar-refractivity contribution in [3.63, 3.8) is 0 Å². The van der Waals surface area contributed by atoms with Crippen molar-refractivity contribution in [2.75, 3.05) is 26.2 Å². The number of benzene rings is 1. The van der Waals surface area contributed by atoms with Crippen molar-refractivity contribution in [2.45, 2.75) is 20.3 Å². The predicted octanol–water partition coefficient (Wildman–Crippen LogP) is 3.08. The quantitative estimate of drug-likeness (QED) is 0.819. The molecule has 0 amide bonds. The fraction of sp³-hybridized carbons (Fsp3) is 0.571. The van der Waals surface area contributed by atoms with E-state index in [0.29, 0.717) is 12.0 Å². The SMILES string of the molecule is CC1(C)CCN(CCOc2cc(F)ccc2F)C1. The summed E-state index contributed by atoms with van der Waals surface area (Å²) in [5.74, 6) is -1.000. The average molecular weight is 255 g/mol. The van der Waals surface area contributed by atoms with Gasteiger partial charge in [0.25, 0.3) is 0 Å². The first-order valence-electron chi connectivity index (χ1n) is 6.26. The van der Waals surface area contributed by atoms with Gasteiger partial charge in [-0.25, -0.2) is 8.78 Å². The lowest BCUT2D eigenvalue weighted by Crippen LogP contribution is -2.28. The summed E-state index contributed by atoms with van der Waals surface area (Å²) in [4.78, 5) is 2.29. The van der Waals surface area contributed by atoms with Crippen molar-refractivity contribution in [3.8, 4) is 5.75 Å². The average Bonchev–Trinajstić information content (AvgIpc) is 2.63. The lowest BCUT2D eigenvalue weighted by molar-refractivity contribution is 0.217. The minimum absolute atomic E-state index is 0.00606. The first kappa shape index (κ1) is 13.3. The molecule has 1 fully saturated rings. The molecule has 0 saturated carbocycles. The van der Waals surface area contributed by atoms with E-state index in [2.05, 4.69) is 18.7 Å². The van der Waals surface area contributed by atoms with Crippen molar-refractivity contribution >= 4 is 0 Å². The molecule has 0 bridgehead atoms. The van der Waals surface area contributed by atoms with Crippen molar-refractivity contribution in [1.29, 1.82) is 0 Å². The molecule has 4 heteroatoms. The highest BCUT2D eigenvalue weighted by molar-refractivity contribution is 5.24. The fourth-order valence-electron chi connectivity index (χ4n) is 2.29. The first-order chi connectivity index (χ1) is 8.46. The van der Waals surface area contributed by atoms with Crippen LogP contribution >= 0.6 is 0 Å². The van der Waals surface area contributed by atoms with Crippen molar-refractivity contribution in [2.24, 2.45) is 5.41 Å². The normalized spacial score (nSPS) is 19.1. The zero-order valence-electron chi connectivity index (χ0n) is 10.9. The molecule has 1 aromatic rings. The van der Waals surface area contributed by atoms with Gasteiger partial charge in [-0.2, -0.15) is 0 Å². The Kier molecular flexibility index (Phi) is 3.85. The third-order valence-electron chi connectivity index (χ3n) is 3.31. The van der Waals surface area contributed by atoms with Gasteiger partial charge in [-0.1, -0.05) is 13.8 Å². The van der Waals surface area contributed by atoms with Crippen LogP contribution in [-0.4, -0.2) is 31.1 Å². The van der Waals surface area contributed by atoms with E-state index in [1.165, 1.54) is 6.42 Å². The van der Waals surface area contributed by atoms with Crippen molar-refractivity contribution < 1.29 is 13.5 Å². The second-order valence-corrected chi connectivity index (χ2v) is 5.61. The molecule has 1 heterocycles. The van der Waals surface area contributed by atoms with Crippen molar-refractivity contribution in [1.82, 2.24) is 4.90 Å². The Morgan fingerprint density at radius 2 is 2.11 bits per heavy atom. The van der Waals surface area contributed by atoms with E-state index in [9.17, 15) is 8.78 Å². The Hall–Kier alpha value is -1.16. The Labute approximate surface area is 107 Å². The van der Waals surface area contributed by atoms with Crippen LogP contribution in [0.25, 0.3) is 0 Å². The van der Waals surface area contributed by atoms with Crippen LogP contribution in [-0.2, 0) is 0 Å². The van der Waals surface area contributed by atoms with Gasteiger partial charge in [-0.15, -0.1) is 0 Å². The number of ether oxygens (including phenoxy) is 1. The summed E-state index contributed by atoms with van der Waals surface area (Å²) in [6.07, 6.45) is 1.17. The maximum Gasteiger partial charge on any atom is 0.165 e. The van der Waals surface area contributed by atoms with E-state index in [-0.39, 0.29) is 5.75 Å². The summed E-state index contributed by atoms with van der Waals surface area (Å²) in [6, 6.07) is 3.26. The van der Waals surface area contributed by atoms with Gasteiger partial charge < -0.3 is 4.74 Å². The lowest BCUT2D eigenvalue weighted by atomic mass is 9.93. The molecule has 0 N–H and O–H groups in total. The molecular formula is C14H19F2NO. The predicted molar refractivity (Wildman–Crippen MR) is 66.7 cm³/mol. The standard InChI is InChI=1S/C14H19F2NO/c1-14(2)5-6-17(10-14)7-8-18-13-9-11(15)3-4-12(13)16/h3-4,9H,5-8,10H2,1-2H3. The van der Waals surface area contributed by atoms with Crippen LogP contribution in [0.3, 0.4) is 0 Å². The van der Waals surface area contributed by atoms with Crippen LogP contribution in [0.4, 0.5) is 8.78 Å². The molecule has 1 aliphatic rings. The number of hydrogen-bond donors (Lipinski definition) is 0. The van der Waals surface area contributed by atoms with Crippen LogP contribution in [0.15, 0.2) is 18.2 Å². The minimum Gasteiger partial charge on any atom is -0.489 e. The second kappa shape index (κ2) is 5.22. The molecule has 0 aromatic heterocycles. The summed E-state index contributed by atoms with van der Waals surface area (Å²) < 4.78 is 31.5. The van der Waals surface area contributed by atoms with E-state index in [0.717, 1.165) is 37.8 Å². The topological polar surface area (TPSA) is 12.5 Å². The number of hydrogen-bond acceptors (Lipinski definition) is 2. The number of halogens is 2. The second-order valence-electron chi connectivity index (χ2n) is 5.61. The molecule has 0 atom stereocenters. The molecule has 1 aromatic carbocycles. The van der Waals surface area contributed by atoms with E-state index >= 15 is 0 Å². The molecule has 0 unspecified atom stereocenters. The Balaban J connectivity index is 1.80.